The first-order valence-corrected chi connectivity index (χ1v) is 12.7. The molecule has 0 spiro atoms. The molecule has 2 unspecified atom stereocenters. The molecule has 1 saturated heterocycles. The van der Waals surface area contributed by atoms with Crippen LogP contribution in [0.3, 0.4) is 0 Å². The number of ether oxygens (including phenoxy) is 2. The number of nitriles is 1. The molecular formula is C25H26N8O4S. The molecule has 0 bridgehead atoms. The second-order valence-electron chi connectivity index (χ2n) is 8.61. The molecule has 0 radical (unpaired) electrons. The minimum Gasteiger partial charge on any atom is -0.494 e. The highest BCUT2D eigenvalue weighted by atomic mass is 32.2. The molecule has 5 rings (SSSR count). The molecule has 12 nitrogen and oxygen atoms in total. The Hall–Kier alpha value is -4.28. The first-order valence-electron chi connectivity index (χ1n) is 11.8. The Labute approximate surface area is 223 Å². The average Bonchev–Trinajstić information content (AvgIpc) is 3.56. The van der Waals surface area contributed by atoms with Crippen LogP contribution in [0.25, 0.3) is 17.3 Å². The van der Waals surface area contributed by atoms with Gasteiger partial charge in [-0.1, -0.05) is 6.07 Å². The number of aromatic nitrogens is 5. The number of aliphatic hydroxyl groups excluding tert-OH is 1. The summed E-state index contributed by atoms with van der Waals surface area (Å²) in [4.78, 5) is 10.4. The first-order chi connectivity index (χ1) is 18.5. The summed E-state index contributed by atoms with van der Waals surface area (Å²) in [7, 11) is 3.17. The fourth-order valence-corrected chi connectivity index (χ4v) is 5.30. The van der Waals surface area contributed by atoms with Crippen LogP contribution in [-0.2, 0) is 0 Å². The van der Waals surface area contributed by atoms with Gasteiger partial charge in [-0.15, -0.1) is 10.2 Å². The van der Waals surface area contributed by atoms with Crippen molar-refractivity contribution in [3.05, 3.63) is 54.2 Å². The third-order valence-electron chi connectivity index (χ3n) is 6.02. The van der Waals surface area contributed by atoms with E-state index in [1.807, 2.05) is 48.2 Å². The van der Waals surface area contributed by atoms with Crippen LogP contribution in [0.5, 0.6) is 11.5 Å². The van der Waals surface area contributed by atoms with Crippen LogP contribution in [-0.4, -0.2) is 68.5 Å². The van der Waals surface area contributed by atoms with Gasteiger partial charge in [0.05, 0.1) is 32.7 Å². The van der Waals surface area contributed by atoms with E-state index in [1.165, 1.54) is 18.1 Å². The Balaban J connectivity index is 1.46. The van der Waals surface area contributed by atoms with E-state index in [1.54, 1.807) is 25.0 Å². The molecule has 0 saturated carbocycles. The maximum Gasteiger partial charge on any atom is 0.239 e. The summed E-state index contributed by atoms with van der Waals surface area (Å²) in [5.74, 6) is 3.86. The highest BCUT2D eigenvalue weighted by Crippen LogP contribution is 2.38. The molecule has 13 heteroatoms. The molecule has 38 heavy (non-hydrogen) atoms. The van der Waals surface area contributed by atoms with Gasteiger partial charge >= 0.3 is 0 Å². The second-order valence-corrected chi connectivity index (χ2v) is 9.72. The minimum absolute atomic E-state index is 0.0367. The summed E-state index contributed by atoms with van der Waals surface area (Å²) in [5, 5.41) is 28.5. The van der Waals surface area contributed by atoms with Crippen molar-refractivity contribution < 1.29 is 19.0 Å². The number of furan rings is 1. The maximum absolute atomic E-state index is 10.6. The molecule has 3 aromatic heterocycles. The predicted molar refractivity (Wildman–Crippen MR) is 141 cm³/mol. The molecule has 0 aliphatic carbocycles. The van der Waals surface area contributed by atoms with E-state index in [-0.39, 0.29) is 10.9 Å². The number of aryl methyl sites for hydroxylation is 1. The number of β-amino-alcohol motifs (C(OH)–C–C–N with tert-alkyl or cyclic N) is 1. The molecular weight excluding hydrogens is 508 g/mol. The van der Waals surface area contributed by atoms with E-state index in [0.29, 0.717) is 60.0 Å². The third-order valence-corrected chi connectivity index (χ3v) is 6.99. The highest BCUT2D eigenvalue weighted by molar-refractivity contribution is 8.01. The van der Waals surface area contributed by atoms with Crippen LogP contribution in [0.15, 0.2) is 47.1 Å². The van der Waals surface area contributed by atoms with Gasteiger partial charge < -0.3 is 23.9 Å². The number of para-hydroxylation sites is 1. The molecule has 4 aromatic rings. The van der Waals surface area contributed by atoms with Crippen LogP contribution in [0, 0.1) is 18.3 Å². The topological polar surface area (TPSA) is 147 Å². The van der Waals surface area contributed by atoms with Crippen LogP contribution < -0.4 is 19.1 Å². The summed E-state index contributed by atoms with van der Waals surface area (Å²) in [5.41, 5.74) is 0.841. The summed E-state index contributed by atoms with van der Waals surface area (Å²) >= 11 is 1.41. The number of rotatable bonds is 8. The van der Waals surface area contributed by atoms with E-state index in [2.05, 4.69) is 24.9 Å². The molecule has 196 valence electrons. The number of hydrogen-bond donors (Lipinski definition) is 2. The lowest BCUT2D eigenvalue weighted by molar-refractivity contribution is 0.156. The normalized spacial score (nSPS) is 17.2. The maximum atomic E-state index is 10.6. The number of nitrogens with one attached hydrogen (secondary N) is 1. The Morgan fingerprint density at radius 1 is 1.13 bits per heavy atom. The van der Waals surface area contributed by atoms with E-state index < -0.39 is 6.10 Å². The zero-order chi connectivity index (χ0) is 26.6. The number of anilines is 2. The van der Waals surface area contributed by atoms with Gasteiger partial charge in [-0.3, -0.25) is 14.3 Å². The van der Waals surface area contributed by atoms with Crippen molar-refractivity contribution >= 4 is 23.7 Å². The van der Waals surface area contributed by atoms with E-state index in [9.17, 15) is 10.4 Å². The number of aliphatic hydroxyl groups is 1. The largest absolute Gasteiger partial charge is 0.494 e. The smallest absolute Gasteiger partial charge is 0.239 e. The molecule has 1 aliphatic rings. The van der Waals surface area contributed by atoms with Crippen molar-refractivity contribution in [1.82, 2.24) is 24.7 Å². The number of hydrogen-bond acceptors (Lipinski definition) is 12. The molecule has 1 aliphatic heterocycles. The molecule has 1 aromatic carbocycles. The number of piperidine rings is 1. The quantitative estimate of drug-likeness (QED) is 0.320. The SMILES string of the molecule is COc1cccc(OC)c1-n1c(NSC2CC(O)CN(c3cncc(C#N)n3)C2)nnc1-c1ccc(C)o1. The van der Waals surface area contributed by atoms with Crippen molar-refractivity contribution in [1.29, 1.82) is 5.26 Å². The van der Waals surface area contributed by atoms with Gasteiger partial charge in [0, 0.05) is 18.3 Å². The predicted octanol–water partition coefficient (Wildman–Crippen LogP) is 3.21. The Morgan fingerprint density at radius 2 is 1.92 bits per heavy atom. The Kier molecular flexibility index (Phi) is 7.34. The number of benzene rings is 1. The van der Waals surface area contributed by atoms with Crippen LogP contribution >= 0.6 is 11.9 Å². The summed E-state index contributed by atoms with van der Waals surface area (Å²) in [6.07, 6.45) is 2.98. The van der Waals surface area contributed by atoms with Crippen molar-refractivity contribution in [3.8, 4) is 34.8 Å². The highest BCUT2D eigenvalue weighted by Gasteiger charge is 2.29. The van der Waals surface area contributed by atoms with Crippen LogP contribution in [0.1, 0.15) is 17.9 Å². The minimum atomic E-state index is -0.579. The molecule has 2 N–H and O–H groups in total. The first kappa shape index (κ1) is 25.4. The molecule has 4 heterocycles. The van der Waals surface area contributed by atoms with Crippen LogP contribution in [0.4, 0.5) is 11.8 Å². The second kappa shape index (κ2) is 11.0. The standard InChI is InChI=1S/C25H26N8O4S/c1-15-7-8-21(37-15)24-29-30-25(33(24)23-19(35-2)5-4-6-20(23)36-3)31-38-18-9-17(34)13-32(14-18)22-12-27-11-16(10-26)28-22/h4-8,11-12,17-18,34H,9,13-14H2,1-3H3,(H,30,31). The van der Waals surface area contributed by atoms with Crippen molar-refractivity contribution in [3.63, 3.8) is 0 Å². The average molecular weight is 535 g/mol. The van der Waals surface area contributed by atoms with E-state index >= 15 is 0 Å². The summed E-state index contributed by atoms with van der Waals surface area (Å²) in [6, 6.07) is 11.2. The zero-order valence-corrected chi connectivity index (χ0v) is 21.8. The van der Waals surface area contributed by atoms with Crippen molar-refractivity contribution in [2.45, 2.75) is 24.7 Å². The van der Waals surface area contributed by atoms with Crippen molar-refractivity contribution in [2.75, 3.05) is 36.9 Å². The zero-order valence-electron chi connectivity index (χ0n) is 21.0. The van der Waals surface area contributed by atoms with Gasteiger partial charge in [0.1, 0.15) is 34.8 Å². The number of methoxy groups -OCH3 is 2. The van der Waals surface area contributed by atoms with E-state index in [4.69, 9.17) is 13.9 Å². The Bertz CT molecular complexity index is 1440. The fraction of sp³-hybridized carbons (Fsp3) is 0.320. The molecule has 2 atom stereocenters. The van der Waals surface area contributed by atoms with Gasteiger partial charge in [-0.25, -0.2) is 4.98 Å². The van der Waals surface area contributed by atoms with Crippen LogP contribution in [0.2, 0.25) is 0 Å². The van der Waals surface area contributed by atoms with Gasteiger partial charge in [0.25, 0.3) is 0 Å². The van der Waals surface area contributed by atoms with Gasteiger partial charge in [-0.2, -0.15) is 5.26 Å². The van der Waals surface area contributed by atoms with Gasteiger partial charge in [0.15, 0.2) is 11.5 Å². The lowest BCUT2D eigenvalue weighted by Gasteiger charge is -2.35. The van der Waals surface area contributed by atoms with Gasteiger partial charge in [0.2, 0.25) is 11.8 Å². The monoisotopic (exact) mass is 534 g/mol. The molecule has 1 fully saturated rings. The third kappa shape index (κ3) is 5.09. The number of nitrogens with zero attached hydrogens (tertiary/aromatic N) is 7. The Morgan fingerprint density at radius 3 is 2.61 bits per heavy atom. The fourth-order valence-electron chi connectivity index (χ4n) is 4.33. The summed E-state index contributed by atoms with van der Waals surface area (Å²) in [6.45, 7) is 2.84. The lowest BCUT2D eigenvalue weighted by Crippen LogP contribution is -2.45. The summed E-state index contributed by atoms with van der Waals surface area (Å²) < 4.78 is 22.3. The molecule has 0 amide bonds. The van der Waals surface area contributed by atoms with Gasteiger partial charge in [-0.05, 0) is 49.6 Å². The van der Waals surface area contributed by atoms with Crippen molar-refractivity contribution in [2.24, 2.45) is 0 Å². The lowest BCUT2D eigenvalue weighted by atomic mass is 10.1. The van der Waals surface area contributed by atoms with E-state index in [0.717, 1.165) is 5.76 Å².